The van der Waals surface area contributed by atoms with E-state index in [0.717, 1.165) is 33.3 Å². The molecule has 37 heavy (non-hydrogen) atoms. The SMILES string of the molecule is CN=S(=O)(NC1COCC(N2c3ccccc3Sc3ccccc32)C1O)c1ccc(OC(F)(F)F)cc1. The zero-order chi connectivity index (χ0) is 26.2. The normalized spacial score (nSPS) is 22.9. The molecule has 2 aliphatic rings. The van der Waals surface area contributed by atoms with Crippen LogP contribution in [0.2, 0.25) is 0 Å². The largest absolute Gasteiger partial charge is 0.573 e. The number of aliphatic hydroxyl groups excluding tert-OH is 1. The molecule has 3 aromatic carbocycles. The van der Waals surface area contributed by atoms with Gasteiger partial charge in [-0.2, -0.15) is 0 Å². The van der Waals surface area contributed by atoms with Crippen LogP contribution in [0.25, 0.3) is 0 Å². The monoisotopic (exact) mass is 551 g/mol. The van der Waals surface area contributed by atoms with Crippen LogP contribution in [-0.2, 0) is 14.7 Å². The van der Waals surface area contributed by atoms with Crippen LogP contribution < -0.4 is 14.4 Å². The van der Waals surface area contributed by atoms with Gasteiger partial charge in [-0.1, -0.05) is 36.0 Å². The Balaban J connectivity index is 1.42. The van der Waals surface area contributed by atoms with Crippen LogP contribution in [0.5, 0.6) is 5.75 Å². The van der Waals surface area contributed by atoms with Crippen LogP contribution in [0.4, 0.5) is 24.5 Å². The Morgan fingerprint density at radius 1 is 1.03 bits per heavy atom. The van der Waals surface area contributed by atoms with E-state index in [-0.39, 0.29) is 18.1 Å². The summed E-state index contributed by atoms with van der Waals surface area (Å²) in [5, 5.41) is 11.5. The van der Waals surface area contributed by atoms with Gasteiger partial charge in [0.2, 0.25) is 0 Å². The molecule has 7 nitrogen and oxygen atoms in total. The summed E-state index contributed by atoms with van der Waals surface area (Å²) in [5.74, 6) is -0.435. The van der Waals surface area contributed by atoms with Gasteiger partial charge in [0.15, 0.2) is 0 Å². The highest BCUT2D eigenvalue weighted by Crippen LogP contribution is 2.49. The molecule has 2 aliphatic heterocycles. The van der Waals surface area contributed by atoms with Crippen LogP contribution in [0, 0.1) is 0 Å². The van der Waals surface area contributed by atoms with Crippen molar-refractivity contribution in [3.05, 3.63) is 72.8 Å². The predicted molar refractivity (Wildman–Crippen MR) is 135 cm³/mol. The second-order valence-corrected chi connectivity index (χ2v) is 11.7. The Morgan fingerprint density at radius 2 is 1.62 bits per heavy atom. The quantitative estimate of drug-likeness (QED) is 0.466. The van der Waals surface area contributed by atoms with Crippen molar-refractivity contribution >= 4 is 33.1 Å². The van der Waals surface area contributed by atoms with Crippen molar-refractivity contribution in [2.24, 2.45) is 4.36 Å². The lowest BCUT2D eigenvalue weighted by Crippen LogP contribution is -2.60. The third kappa shape index (κ3) is 5.30. The molecule has 4 atom stereocenters. The van der Waals surface area contributed by atoms with Crippen molar-refractivity contribution in [2.75, 3.05) is 25.2 Å². The third-order valence-electron chi connectivity index (χ3n) is 6.14. The van der Waals surface area contributed by atoms with Crippen molar-refractivity contribution in [3.8, 4) is 5.75 Å². The summed E-state index contributed by atoms with van der Waals surface area (Å²) in [6.45, 7) is 0.311. The minimum absolute atomic E-state index is 0.0747. The first-order valence-electron chi connectivity index (χ1n) is 11.4. The molecule has 2 N–H and O–H groups in total. The summed E-state index contributed by atoms with van der Waals surface area (Å²) in [6.07, 6.45) is -5.84. The number of para-hydroxylation sites is 2. The van der Waals surface area contributed by atoms with Crippen LogP contribution in [0.15, 0.2) is 91.8 Å². The maximum atomic E-state index is 13.7. The molecule has 5 rings (SSSR count). The molecule has 1 saturated heterocycles. The maximum absolute atomic E-state index is 13.7. The van der Waals surface area contributed by atoms with Crippen LogP contribution in [0.3, 0.4) is 0 Å². The average Bonchev–Trinajstić information content (AvgIpc) is 2.88. The lowest BCUT2D eigenvalue weighted by molar-refractivity contribution is -0.274. The van der Waals surface area contributed by atoms with Gasteiger partial charge >= 0.3 is 6.36 Å². The highest BCUT2D eigenvalue weighted by atomic mass is 32.2. The van der Waals surface area contributed by atoms with Gasteiger partial charge in [0.05, 0.1) is 47.7 Å². The Bertz CT molecular complexity index is 1350. The summed E-state index contributed by atoms with van der Waals surface area (Å²) in [6, 6.07) is 19.2. The number of benzene rings is 3. The Morgan fingerprint density at radius 3 is 2.19 bits per heavy atom. The summed E-state index contributed by atoms with van der Waals surface area (Å²) >= 11 is 1.65. The average molecular weight is 552 g/mol. The number of anilines is 2. The molecule has 12 heteroatoms. The van der Waals surface area contributed by atoms with E-state index in [2.05, 4.69) is 13.8 Å². The molecule has 0 aromatic heterocycles. The topological polar surface area (TPSA) is 83.4 Å². The van der Waals surface area contributed by atoms with E-state index < -0.39 is 40.2 Å². The first-order valence-corrected chi connectivity index (χ1v) is 13.7. The van der Waals surface area contributed by atoms with Crippen molar-refractivity contribution in [2.45, 2.75) is 39.2 Å². The van der Waals surface area contributed by atoms with Crippen LogP contribution in [-0.4, -0.2) is 54.1 Å². The molecular weight excluding hydrogens is 527 g/mol. The second kappa shape index (κ2) is 10.2. The number of ether oxygens (including phenoxy) is 2. The van der Waals surface area contributed by atoms with E-state index in [0.29, 0.717) is 0 Å². The van der Waals surface area contributed by atoms with E-state index in [9.17, 15) is 22.5 Å². The lowest BCUT2D eigenvalue weighted by Gasteiger charge is -2.45. The molecule has 0 bridgehead atoms. The summed E-state index contributed by atoms with van der Waals surface area (Å²) in [7, 11) is -1.95. The molecule has 0 saturated carbocycles. The van der Waals surface area contributed by atoms with Gasteiger partial charge in [-0.15, -0.1) is 13.2 Å². The zero-order valence-corrected chi connectivity index (χ0v) is 21.2. The minimum Gasteiger partial charge on any atom is -0.406 e. The molecule has 4 unspecified atom stereocenters. The number of nitrogens with zero attached hydrogens (tertiary/aromatic N) is 2. The summed E-state index contributed by atoms with van der Waals surface area (Å²) < 4.78 is 68.0. The Labute approximate surface area is 216 Å². The highest BCUT2D eigenvalue weighted by molar-refractivity contribution is 7.99. The summed E-state index contributed by atoms with van der Waals surface area (Å²) in [5.41, 5.74) is 1.86. The van der Waals surface area contributed by atoms with E-state index in [4.69, 9.17) is 4.74 Å². The standard InChI is InChI=1S/C25H24F3N3O4S2/c1-29-37(33,17-12-10-16(11-13-17)35-25(26,27)28)30-18-14-34-15-21(24(18)32)31-19-6-2-4-8-22(19)36-23-9-5-3-7-20(23)31/h2-13,18,21,24,32H,14-15H2,1H3,(H,29,30,33). The molecule has 196 valence electrons. The van der Waals surface area contributed by atoms with Gasteiger partial charge in [0, 0.05) is 16.8 Å². The zero-order valence-electron chi connectivity index (χ0n) is 19.6. The smallest absolute Gasteiger partial charge is 0.406 e. The molecule has 0 spiro atoms. The molecule has 2 heterocycles. The first-order chi connectivity index (χ1) is 17.7. The fourth-order valence-corrected chi connectivity index (χ4v) is 7.11. The molecular formula is C25H24F3N3O4S2. The van der Waals surface area contributed by atoms with Gasteiger partial charge in [-0.3, -0.25) is 0 Å². The van der Waals surface area contributed by atoms with Crippen molar-refractivity contribution in [1.82, 2.24) is 4.72 Å². The van der Waals surface area contributed by atoms with Crippen molar-refractivity contribution in [3.63, 3.8) is 0 Å². The molecule has 0 radical (unpaired) electrons. The molecule has 1 fully saturated rings. The first kappa shape index (κ1) is 25.9. The number of fused-ring (bicyclic) bond motifs is 2. The Kier molecular flexibility index (Phi) is 7.12. The van der Waals surface area contributed by atoms with E-state index in [1.54, 1.807) is 11.8 Å². The third-order valence-corrected chi connectivity index (χ3v) is 9.32. The number of alkyl halides is 3. The van der Waals surface area contributed by atoms with Gasteiger partial charge < -0.3 is 19.5 Å². The van der Waals surface area contributed by atoms with Gasteiger partial charge in [-0.05, 0) is 48.5 Å². The lowest BCUT2D eigenvalue weighted by atomic mass is 9.99. The summed E-state index contributed by atoms with van der Waals surface area (Å²) in [4.78, 5) is 4.28. The number of aliphatic hydroxyl groups is 1. The Hall–Kier alpha value is -2.77. The number of nitrogens with one attached hydrogen (secondary N) is 1. The fourth-order valence-electron chi connectivity index (χ4n) is 4.46. The predicted octanol–water partition coefficient (Wildman–Crippen LogP) is 4.98. The van der Waals surface area contributed by atoms with Crippen molar-refractivity contribution < 1.29 is 32.0 Å². The molecule has 0 aliphatic carbocycles. The van der Waals surface area contributed by atoms with E-state index in [1.165, 1.54) is 19.2 Å². The van der Waals surface area contributed by atoms with Crippen molar-refractivity contribution in [1.29, 1.82) is 0 Å². The van der Waals surface area contributed by atoms with E-state index >= 15 is 0 Å². The molecule has 0 amide bonds. The molecule has 3 aromatic rings. The fraction of sp³-hybridized carbons (Fsp3) is 0.280. The second-order valence-electron chi connectivity index (χ2n) is 8.45. The number of halogens is 3. The van der Waals surface area contributed by atoms with Gasteiger partial charge in [0.1, 0.15) is 15.7 Å². The van der Waals surface area contributed by atoms with Crippen LogP contribution in [0.1, 0.15) is 0 Å². The van der Waals surface area contributed by atoms with Crippen LogP contribution >= 0.6 is 11.8 Å². The highest BCUT2D eigenvalue weighted by Gasteiger charge is 2.41. The minimum atomic E-state index is -4.83. The maximum Gasteiger partial charge on any atom is 0.573 e. The van der Waals surface area contributed by atoms with E-state index in [1.807, 2.05) is 53.4 Å². The number of hydrogen-bond donors (Lipinski definition) is 2. The number of hydrogen-bond acceptors (Lipinski definition) is 7. The number of rotatable bonds is 5. The van der Waals surface area contributed by atoms with Gasteiger partial charge in [0.25, 0.3) is 0 Å². The van der Waals surface area contributed by atoms with Gasteiger partial charge in [-0.25, -0.2) is 13.3 Å².